The first kappa shape index (κ1) is 15.5. The molecule has 0 aromatic carbocycles. The van der Waals surface area contributed by atoms with Gasteiger partial charge in [0.15, 0.2) is 0 Å². The molecule has 0 spiro atoms. The number of nitrogens with zero attached hydrogens (tertiary/aromatic N) is 1. The monoisotopic (exact) mass is 254 g/mol. The highest BCUT2D eigenvalue weighted by Gasteiger charge is 2.42. The van der Waals surface area contributed by atoms with E-state index in [9.17, 15) is 4.79 Å². The Hall–Kier alpha value is -0.570. The summed E-state index contributed by atoms with van der Waals surface area (Å²) in [6, 6.07) is 0.336. The fourth-order valence-electron chi connectivity index (χ4n) is 2.62. The van der Waals surface area contributed by atoms with Crippen molar-refractivity contribution >= 4 is 5.91 Å². The van der Waals surface area contributed by atoms with E-state index in [0.717, 1.165) is 19.3 Å². The molecule has 1 heterocycles. The molecule has 0 radical (unpaired) electrons. The molecule has 0 aliphatic carbocycles. The lowest BCUT2D eigenvalue weighted by atomic mass is 9.98. The van der Waals surface area contributed by atoms with Crippen LogP contribution < -0.4 is 5.32 Å². The Labute approximate surface area is 112 Å². The van der Waals surface area contributed by atoms with Crippen LogP contribution in [0.3, 0.4) is 0 Å². The topological polar surface area (TPSA) is 32.3 Å². The number of amides is 1. The molecule has 0 aromatic rings. The van der Waals surface area contributed by atoms with Gasteiger partial charge in [-0.05, 0) is 25.2 Å². The van der Waals surface area contributed by atoms with Gasteiger partial charge in [-0.15, -0.1) is 0 Å². The highest BCUT2D eigenvalue weighted by Crippen LogP contribution is 2.26. The summed E-state index contributed by atoms with van der Waals surface area (Å²) in [6.07, 6.45) is 3.44. The van der Waals surface area contributed by atoms with E-state index in [-0.39, 0.29) is 12.2 Å². The third kappa shape index (κ3) is 3.05. The molecule has 3 nitrogen and oxygen atoms in total. The standard InChI is InChI=1S/C15H30N2O/c1-7-9-13-16-14(11(5)8-2)15(18)17(13)12(6)10(3)4/h10-14,16H,7-9H2,1-6H3. The number of carbonyl (C=O) groups is 1. The number of carbonyl (C=O) groups excluding carboxylic acids is 1. The zero-order valence-electron chi connectivity index (χ0n) is 12.9. The molecule has 1 aliphatic heterocycles. The van der Waals surface area contributed by atoms with E-state index in [2.05, 4.69) is 51.8 Å². The molecule has 1 rings (SSSR count). The summed E-state index contributed by atoms with van der Waals surface area (Å²) < 4.78 is 0. The Kier molecular flexibility index (Phi) is 5.64. The van der Waals surface area contributed by atoms with Crippen molar-refractivity contribution in [2.24, 2.45) is 11.8 Å². The van der Waals surface area contributed by atoms with Crippen molar-refractivity contribution in [3.05, 3.63) is 0 Å². The van der Waals surface area contributed by atoms with Crippen LogP contribution in [0, 0.1) is 11.8 Å². The summed E-state index contributed by atoms with van der Waals surface area (Å²) in [5, 5.41) is 3.55. The molecule has 106 valence electrons. The maximum atomic E-state index is 12.6. The van der Waals surface area contributed by atoms with Crippen LogP contribution in [0.1, 0.15) is 60.8 Å². The van der Waals surface area contributed by atoms with Crippen molar-refractivity contribution in [2.45, 2.75) is 79.1 Å². The smallest absolute Gasteiger partial charge is 0.241 e. The van der Waals surface area contributed by atoms with Gasteiger partial charge >= 0.3 is 0 Å². The second-order valence-electron chi connectivity index (χ2n) is 6.06. The maximum Gasteiger partial charge on any atom is 0.241 e. The van der Waals surface area contributed by atoms with E-state index in [0.29, 0.717) is 23.8 Å². The highest BCUT2D eigenvalue weighted by molar-refractivity contribution is 5.85. The fraction of sp³-hybridized carbons (Fsp3) is 0.933. The number of rotatable bonds is 6. The Morgan fingerprint density at radius 2 is 1.83 bits per heavy atom. The van der Waals surface area contributed by atoms with E-state index in [1.54, 1.807) is 0 Å². The molecule has 4 unspecified atom stereocenters. The quantitative estimate of drug-likeness (QED) is 0.790. The minimum atomic E-state index is 0.0211. The van der Waals surface area contributed by atoms with E-state index in [4.69, 9.17) is 0 Å². The largest absolute Gasteiger partial charge is 0.323 e. The minimum Gasteiger partial charge on any atom is -0.323 e. The Bertz CT molecular complexity index is 278. The van der Waals surface area contributed by atoms with Gasteiger partial charge in [-0.1, -0.05) is 47.5 Å². The molecule has 0 saturated carbocycles. The molecule has 3 heteroatoms. The molecule has 4 atom stereocenters. The van der Waals surface area contributed by atoms with Crippen molar-refractivity contribution in [1.29, 1.82) is 0 Å². The number of hydrogen-bond acceptors (Lipinski definition) is 2. The van der Waals surface area contributed by atoms with Crippen molar-refractivity contribution < 1.29 is 4.79 Å². The molecular weight excluding hydrogens is 224 g/mol. The summed E-state index contributed by atoms with van der Waals surface area (Å²) >= 11 is 0. The summed E-state index contributed by atoms with van der Waals surface area (Å²) in [5.41, 5.74) is 0. The lowest BCUT2D eigenvalue weighted by molar-refractivity contribution is -0.133. The molecule has 1 saturated heterocycles. The third-order valence-corrected chi connectivity index (χ3v) is 4.41. The summed E-state index contributed by atoms with van der Waals surface area (Å²) in [4.78, 5) is 14.7. The average molecular weight is 254 g/mol. The first-order chi connectivity index (χ1) is 8.43. The molecule has 1 fully saturated rings. The Morgan fingerprint density at radius 1 is 1.22 bits per heavy atom. The van der Waals surface area contributed by atoms with Gasteiger partial charge in [-0.3, -0.25) is 10.1 Å². The maximum absolute atomic E-state index is 12.6. The number of nitrogens with one attached hydrogen (secondary N) is 1. The zero-order valence-corrected chi connectivity index (χ0v) is 12.9. The van der Waals surface area contributed by atoms with Crippen molar-refractivity contribution in [1.82, 2.24) is 10.2 Å². The second kappa shape index (κ2) is 6.55. The van der Waals surface area contributed by atoms with Gasteiger partial charge < -0.3 is 4.90 Å². The van der Waals surface area contributed by atoms with Crippen molar-refractivity contribution in [2.75, 3.05) is 0 Å². The van der Waals surface area contributed by atoms with E-state index in [1.165, 1.54) is 0 Å². The lowest BCUT2D eigenvalue weighted by Crippen LogP contribution is -2.45. The highest BCUT2D eigenvalue weighted by atomic mass is 16.2. The molecule has 0 aromatic heterocycles. The first-order valence-corrected chi connectivity index (χ1v) is 7.52. The van der Waals surface area contributed by atoms with E-state index < -0.39 is 0 Å². The predicted molar refractivity (Wildman–Crippen MR) is 76.2 cm³/mol. The van der Waals surface area contributed by atoms with Gasteiger partial charge in [-0.25, -0.2) is 0 Å². The fourth-order valence-corrected chi connectivity index (χ4v) is 2.62. The first-order valence-electron chi connectivity index (χ1n) is 7.52. The van der Waals surface area contributed by atoms with Crippen LogP contribution >= 0.6 is 0 Å². The van der Waals surface area contributed by atoms with Gasteiger partial charge in [0.2, 0.25) is 5.91 Å². The molecule has 1 amide bonds. The average Bonchev–Trinajstić information content (AvgIpc) is 2.65. The third-order valence-electron chi connectivity index (χ3n) is 4.41. The Balaban J connectivity index is 2.87. The summed E-state index contributed by atoms with van der Waals surface area (Å²) in [6.45, 7) is 13.1. The second-order valence-corrected chi connectivity index (χ2v) is 6.06. The SMILES string of the molecule is CCCC1NC(C(C)CC)C(=O)N1C(C)C(C)C. The van der Waals surface area contributed by atoms with E-state index >= 15 is 0 Å². The molecule has 18 heavy (non-hydrogen) atoms. The normalized spacial score (nSPS) is 27.9. The van der Waals surface area contributed by atoms with Crippen LogP contribution in [0.5, 0.6) is 0 Å². The summed E-state index contributed by atoms with van der Waals surface area (Å²) in [5.74, 6) is 1.23. The van der Waals surface area contributed by atoms with Gasteiger partial charge in [0.1, 0.15) is 0 Å². The van der Waals surface area contributed by atoms with E-state index in [1.807, 2.05) is 0 Å². The van der Waals surface area contributed by atoms with Crippen LogP contribution in [0.4, 0.5) is 0 Å². The van der Waals surface area contributed by atoms with Crippen molar-refractivity contribution in [3.8, 4) is 0 Å². The minimum absolute atomic E-state index is 0.0211. The van der Waals surface area contributed by atoms with Crippen LogP contribution in [-0.2, 0) is 4.79 Å². The number of hydrogen-bond donors (Lipinski definition) is 1. The van der Waals surface area contributed by atoms with Gasteiger partial charge in [0, 0.05) is 6.04 Å². The van der Waals surface area contributed by atoms with Crippen LogP contribution in [0.15, 0.2) is 0 Å². The zero-order chi connectivity index (χ0) is 13.9. The summed E-state index contributed by atoms with van der Waals surface area (Å²) in [7, 11) is 0. The molecular formula is C15H30N2O. The predicted octanol–water partition coefficient (Wildman–Crippen LogP) is 3.00. The van der Waals surface area contributed by atoms with Crippen LogP contribution in [0.2, 0.25) is 0 Å². The van der Waals surface area contributed by atoms with Crippen molar-refractivity contribution in [3.63, 3.8) is 0 Å². The Morgan fingerprint density at radius 3 is 2.28 bits per heavy atom. The lowest BCUT2D eigenvalue weighted by Gasteiger charge is -2.32. The van der Waals surface area contributed by atoms with Crippen LogP contribution in [-0.4, -0.2) is 29.1 Å². The molecule has 1 N–H and O–H groups in total. The van der Waals surface area contributed by atoms with Gasteiger partial charge in [0.25, 0.3) is 0 Å². The molecule has 0 bridgehead atoms. The van der Waals surface area contributed by atoms with Gasteiger partial charge in [0.05, 0.1) is 12.2 Å². The van der Waals surface area contributed by atoms with Crippen LogP contribution in [0.25, 0.3) is 0 Å². The molecule has 1 aliphatic rings. The van der Waals surface area contributed by atoms with Gasteiger partial charge in [-0.2, -0.15) is 0 Å².